The molecule has 1 saturated heterocycles. The quantitative estimate of drug-likeness (QED) is 0.756. The fourth-order valence-electron chi connectivity index (χ4n) is 3.04. The maximum Gasteiger partial charge on any atom is 0.253 e. The van der Waals surface area contributed by atoms with Crippen molar-refractivity contribution in [3.8, 4) is 5.75 Å². The van der Waals surface area contributed by atoms with Gasteiger partial charge in [-0.15, -0.1) is 12.4 Å². The van der Waals surface area contributed by atoms with E-state index in [1.165, 1.54) is 12.8 Å². The molecule has 1 aromatic rings. The van der Waals surface area contributed by atoms with Gasteiger partial charge in [-0.3, -0.25) is 4.79 Å². The topological polar surface area (TPSA) is 55.6 Å². The number of nitrogens with zero attached hydrogens (tertiary/aromatic N) is 1. The van der Waals surface area contributed by atoms with Crippen molar-refractivity contribution >= 4 is 18.3 Å². The van der Waals surface area contributed by atoms with Gasteiger partial charge in [0, 0.05) is 24.7 Å². The third kappa shape index (κ3) is 5.99. The summed E-state index contributed by atoms with van der Waals surface area (Å²) in [7, 11) is 0. The van der Waals surface area contributed by atoms with Gasteiger partial charge >= 0.3 is 0 Å². The van der Waals surface area contributed by atoms with Crippen molar-refractivity contribution in [1.82, 2.24) is 4.90 Å². The maximum absolute atomic E-state index is 12.6. The van der Waals surface area contributed by atoms with Crippen molar-refractivity contribution in [2.75, 3.05) is 19.7 Å². The van der Waals surface area contributed by atoms with E-state index in [9.17, 15) is 4.79 Å². The summed E-state index contributed by atoms with van der Waals surface area (Å²) in [6, 6.07) is 7.67. The molecule has 2 atom stereocenters. The summed E-state index contributed by atoms with van der Waals surface area (Å²) < 4.78 is 5.70. The van der Waals surface area contributed by atoms with Crippen LogP contribution in [0.3, 0.4) is 0 Å². The van der Waals surface area contributed by atoms with E-state index >= 15 is 0 Å². The molecule has 1 amide bonds. The minimum atomic E-state index is 0. The number of nitrogens with two attached hydrogens (primary N) is 1. The van der Waals surface area contributed by atoms with Crippen LogP contribution < -0.4 is 10.5 Å². The highest BCUT2D eigenvalue weighted by atomic mass is 35.5. The van der Waals surface area contributed by atoms with Crippen LogP contribution in [-0.2, 0) is 0 Å². The summed E-state index contributed by atoms with van der Waals surface area (Å²) in [5.41, 5.74) is 6.73. The molecule has 2 unspecified atom stereocenters. The van der Waals surface area contributed by atoms with Gasteiger partial charge in [0.15, 0.2) is 0 Å². The van der Waals surface area contributed by atoms with Crippen molar-refractivity contribution in [2.24, 2.45) is 11.7 Å². The van der Waals surface area contributed by atoms with Crippen molar-refractivity contribution in [3.05, 3.63) is 29.8 Å². The molecule has 1 aliphatic rings. The lowest BCUT2D eigenvalue weighted by Crippen LogP contribution is -2.45. The van der Waals surface area contributed by atoms with Crippen molar-refractivity contribution < 1.29 is 9.53 Å². The lowest BCUT2D eigenvalue weighted by Gasteiger charge is -2.34. The van der Waals surface area contributed by atoms with E-state index in [1.807, 2.05) is 36.1 Å². The van der Waals surface area contributed by atoms with Crippen LogP contribution in [0.1, 0.15) is 56.3 Å². The molecule has 1 aliphatic heterocycles. The molecule has 2 rings (SSSR count). The van der Waals surface area contributed by atoms with Gasteiger partial charge in [-0.2, -0.15) is 0 Å². The van der Waals surface area contributed by atoms with E-state index in [0.29, 0.717) is 5.92 Å². The molecule has 2 N–H and O–H groups in total. The van der Waals surface area contributed by atoms with Gasteiger partial charge in [0.05, 0.1) is 6.61 Å². The maximum atomic E-state index is 12.6. The van der Waals surface area contributed by atoms with Crippen LogP contribution in [0.5, 0.6) is 5.75 Å². The van der Waals surface area contributed by atoms with Crippen LogP contribution in [0.2, 0.25) is 0 Å². The first kappa shape index (κ1) is 20.8. The molecule has 0 aliphatic carbocycles. The Balaban J connectivity index is 0.00000288. The number of likely N-dealkylation sites (tertiary alicyclic amines) is 1. The van der Waals surface area contributed by atoms with Crippen molar-refractivity contribution in [3.63, 3.8) is 0 Å². The Hall–Kier alpha value is -1.26. The van der Waals surface area contributed by atoms with Crippen molar-refractivity contribution in [2.45, 2.75) is 52.0 Å². The number of carbonyl (C=O) groups excluding carboxylic acids is 1. The first-order chi connectivity index (χ1) is 11.1. The van der Waals surface area contributed by atoms with Crippen molar-refractivity contribution in [1.29, 1.82) is 0 Å². The fraction of sp³-hybridized carbons (Fsp3) is 0.632. The number of hydrogen-bond acceptors (Lipinski definition) is 3. The van der Waals surface area contributed by atoms with Crippen LogP contribution >= 0.6 is 12.4 Å². The number of amides is 1. The minimum absolute atomic E-state index is 0. The second-order valence-electron chi connectivity index (χ2n) is 6.59. The zero-order valence-corrected chi connectivity index (χ0v) is 15.7. The molecular weight excluding hydrogens is 324 g/mol. The predicted molar refractivity (Wildman–Crippen MR) is 101 cm³/mol. The van der Waals surface area contributed by atoms with Gasteiger partial charge in [-0.1, -0.05) is 19.8 Å². The van der Waals surface area contributed by atoms with Crippen LogP contribution in [0, 0.1) is 5.92 Å². The molecule has 1 aromatic carbocycles. The highest BCUT2D eigenvalue weighted by molar-refractivity contribution is 5.94. The number of carbonyl (C=O) groups is 1. The second-order valence-corrected chi connectivity index (χ2v) is 6.59. The molecule has 1 fully saturated rings. The Morgan fingerprint density at radius 2 is 2.04 bits per heavy atom. The predicted octanol–water partition coefficient (Wildman–Crippen LogP) is 3.88. The fourth-order valence-corrected chi connectivity index (χ4v) is 3.04. The summed E-state index contributed by atoms with van der Waals surface area (Å²) in [6.07, 6.45) is 5.60. The lowest BCUT2D eigenvalue weighted by atomic mass is 9.92. The summed E-state index contributed by atoms with van der Waals surface area (Å²) in [4.78, 5) is 14.6. The molecule has 0 saturated carbocycles. The van der Waals surface area contributed by atoms with Gasteiger partial charge in [0.2, 0.25) is 0 Å². The number of ether oxygens (including phenoxy) is 1. The van der Waals surface area contributed by atoms with E-state index < -0.39 is 0 Å². The normalized spacial score (nSPS) is 18.6. The zero-order valence-electron chi connectivity index (χ0n) is 14.9. The second kappa shape index (κ2) is 10.6. The molecule has 1 heterocycles. The number of hydrogen-bond donors (Lipinski definition) is 1. The Kier molecular flexibility index (Phi) is 9.16. The smallest absolute Gasteiger partial charge is 0.253 e. The molecule has 5 heteroatoms. The van der Waals surface area contributed by atoms with Gasteiger partial charge in [0.1, 0.15) is 5.75 Å². The average Bonchev–Trinajstić information content (AvgIpc) is 2.59. The van der Waals surface area contributed by atoms with Crippen LogP contribution in [0.25, 0.3) is 0 Å². The van der Waals surface area contributed by atoms with E-state index in [0.717, 1.165) is 50.3 Å². The summed E-state index contributed by atoms with van der Waals surface area (Å²) in [6.45, 7) is 6.55. The van der Waals surface area contributed by atoms with Gasteiger partial charge < -0.3 is 15.4 Å². The molecule has 0 radical (unpaired) electrons. The van der Waals surface area contributed by atoms with Crippen LogP contribution in [-0.4, -0.2) is 36.5 Å². The molecule has 4 nitrogen and oxygen atoms in total. The molecule has 0 spiro atoms. The van der Waals surface area contributed by atoms with E-state index in [2.05, 4.69) is 6.92 Å². The number of halogens is 1. The summed E-state index contributed by atoms with van der Waals surface area (Å²) >= 11 is 0. The highest BCUT2D eigenvalue weighted by Crippen LogP contribution is 2.21. The Morgan fingerprint density at radius 3 is 2.67 bits per heavy atom. The highest BCUT2D eigenvalue weighted by Gasteiger charge is 2.26. The van der Waals surface area contributed by atoms with Crippen LogP contribution in [0.4, 0.5) is 0 Å². The number of rotatable bonds is 7. The van der Waals surface area contributed by atoms with Gasteiger partial charge in [-0.25, -0.2) is 0 Å². The Morgan fingerprint density at radius 1 is 1.33 bits per heavy atom. The Labute approximate surface area is 152 Å². The largest absolute Gasteiger partial charge is 0.494 e. The summed E-state index contributed by atoms with van der Waals surface area (Å²) in [5, 5.41) is 0. The number of unbranched alkanes of at least 4 members (excludes halogenated alkanes) is 2. The molecule has 0 bridgehead atoms. The standard InChI is InChI=1S/C19H30N2O2.ClH/c1-3-4-5-13-23-18-10-8-16(9-11-18)19(22)21-12-6-7-17(14-21)15(2)20;/h8-11,15,17H,3-7,12-14,20H2,1-2H3;1H. The Bertz CT molecular complexity index is 491. The number of piperidine rings is 1. The number of benzene rings is 1. The zero-order chi connectivity index (χ0) is 16.7. The molecule has 136 valence electrons. The van der Waals surface area contributed by atoms with Crippen LogP contribution in [0.15, 0.2) is 24.3 Å². The SMILES string of the molecule is CCCCCOc1ccc(C(=O)N2CCCC(C(C)N)C2)cc1.Cl. The van der Waals surface area contributed by atoms with E-state index in [4.69, 9.17) is 10.5 Å². The van der Waals surface area contributed by atoms with Gasteiger partial charge in [-0.05, 0) is 56.4 Å². The average molecular weight is 355 g/mol. The van der Waals surface area contributed by atoms with E-state index in [-0.39, 0.29) is 24.4 Å². The van der Waals surface area contributed by atoms with Gasteiger partial charge in [0.25, 0.3) is 5.91 Å². The third-order valence-corrected chi connectivity index (χ3v) is 4.61. The molecule has 24 heavy (non-hydrogen) atoms. The lowest BCUT2D eigenvalue weighted by molar-refractivity contribution is 0.0661. The first-order valence-electron chi connectivity index (χ1n) is 8.89. The summed E-state index contributed by atoms with van der Waals surface area (Å²) in [5.74, 6) is 1.35. The minimum Gasteiger partial charge on any atom is -0.494 e. The third-order valence-electron chi connectivity index (χ3n) is 4.61. The molecular formula is C19H31ClN2O2. The first-order valence-corrected chi connectivity index (χ1v) is 8.89. The van der Waals surface area contributed by atoms with E-state index in [1.54, 1.807) is 0 Å². The monoisotopic (exact) mass is 354 g/mol. The molecule has 0 aromatic heterocycles.